The summed E-state index contributed by atoms with van der Waals surface area (Å²) < 4.78 is 0. The Morgan fingerprint density at radius 2 is 1.42 bits per heavy atom. The van der Waals surface area contributed by atoms with Crippen LogP contribution in [0.25, 0.3) is 16.5 Å². The van der Waals surface area contributed by atoms with Gasteiger partial charge in [0.1, 0.15) is 0 Å². The summed E-state index contributed by atoms with van der Waals surface area (Å²) in [6.45, 7) is 10.2. The number of para-hydroxylation sites is 1. The Kier molecular flexibility index (Phi) is 7.28. The summed E-state index contributed by atoms with van der Waals surface area (Å²) in [7, 11) is 0. The first-order chi connectivity index (χ1) is 12.8. The van der Waals surface area contributed by atoms with E-state index in [4.69, 9.17) is 0 Å². The third-order valence-corrected chi connectivity index (χ3v) is 4.08. The van der Waals surface area contributed by atoms with E-state index in [1.165, 1.54) is 27.7 Å². The molecule has 1 unspecified atom stereocenters. The summed E-state index contributed by atoms with van der Waals surface area (Å²) in [5, 5.41) is 9.63. The lowest BCUT2D eigenvalue weighted by Crippen LogP contribution is -2.20. The predicted octanol–water partition coefficient (Wildman–Crippen LogP) is 7.16. The Labute approximate surface area is 158 Å². The van der Waals surface area contributed by atoms with Crippen LogP contribution < -0.4 is 10.6 Å². The number of rotatable bonds is 2. The van der Waals surface area contributed by atoms with E-state index in [-0.39, 0.29) is 0 Å². The van der Waals surface area contributed by atoms with E-state index in [1.54, 1.807) is 0 Å². The Morgan fingerprint density at radius 3 is 2.23 bits per heavy atom. The Morgan fingerprint density at radius 1 is 0.769 bits per heavy atom. The molecule has 1 atom stereocenters. The lowest BCUT2D eigenvalue weighted by molar-refractivity contribution is 0.985. The molecule has 2 nitrogen and oxygen atoms in total. The fourth-order valence-electron chi connectivity index (χ4n) is 3.06. The lowest BCUT2D eigenvalue weighted by Gasteiger charge is -2.25. The molecule has 0 aliphatic carbocycles. The van der Waals surface area contributed by atoms with Crippen molar-refractivity contribution in [1.82, 2.24) is 0 Å². The van der Waals surface area contributed by atoms with Crippen LogP contribution in [0.15, 0.2) is 72.8 Å². The highest BCUT2D eigenvalue weighted by molar-refractivity contribution is 5.98. The molecular formula is C24H30N2. The third-order valence-electron chi connectivity index (χ3n) is 4.08. The zero-order valence-corrected chi connectivity index (χ0v) is 16.5. The Bertz CT molecular complexity index is 859. The molecule has 3 aromatic carbocycles. The van der Waals surface area contributed by atoms with Crippen LogP contribution in [0.4, 0.5) is 11.4 Å². The van der Waals surface area contributed by atoms with Gasteiger partial charge in [-0.2, -0.15) is 0 Å². The maximum Gasteiger partial charge on any atom is 0.0464 e. The molecule has 1 heterocycles. The summed E-state index contributed by atoms with van der Waals surface area (Å²) in [4.78, 5) is 0. The summed E-state index contributed by atoms with van der Waals surface area (Å²) in [6, 6.07) is 23.6. The molecule has 0 spiro atoms. The molecule has 0 amide bonds. The smallest absolute Gasteiger partial charge is 0.0464 e. The highest BCUT2D eigenvalue weighted by Crippen LogP contribution is 2.32. The maximum absolute atomic E-state index is 3.63. The lowest BCUT2D eigenvalue weighted by atomic mass is 10.0. The van der Waals surface area contributed by atoms with Crippen LogP contribution >= 0.6 is 0 Å². The minimum Gasteiger partial charge on any atom is -0.378 e. The molecule has 0 saturated carbocycles. The van der Waals surface area contributed by atoms with Crippen LogP contribution in [-0.2, 0) is 0 Å². The van der Waals surface area contributed by atoms with Gasteiger partial charge in [-0.05, 0) is 30.5 Å². The van der Waals surface area contributed by atoms with Gasteiger partial charge in [0, 0.05) is 34.1 Å². The van der Waals surface area contributed by atoms with Crippen LogP contribution in [-0.4, -0.2) is 6.04 Å². The minimum absolute atomic E-state index is 0.312. The van der Waals surface area contributed by atoms with E-state index in [1.807, 2.05) is 27.7 Å². The number of anilines is 2. The second-order valence-corrected chi connectivity index (χ2v) is 5.71. The Balaban J connectivity index is 0.000000570. The number of hydrogen-bond donors (Lipinski definition) is 2. The quantitative estimate of drug-likeness (QED) is 0.514. The summed E-state index contributed by atoms with van der Waals surface area (Å²) in [5.74, 6) is 0. The molecule has 2 N–H and O–H groups in total. The Hall–Kier alpha value is -2.74. The molecule has 26 heavy (non-hydrogen) atoms. The van der Waals surface area contributed by atoms with Crippen LogP contribution in [0.3, 0.4) is 0 Å². The molecule has 0 radical (unpaired) electrons. The van der Waals surface area contributed by atoms with Crippen LogP contribution in [0.2, 0.25) is 0 Å². The topological polar surface area (TPSA) is 24.1 Å². The van der Waals surface area contributed by atoms with Crippen LogP contribution in [0, 0.1) is 0 Å². The second kappa shape index (κ2) is 9.67. The van der Waals surface area contributed by atoms with Crippen LogP contribution in [0.1, 0.15) is 40.2 Å². The fraction of sp³-hybridized carbons (Fsp3) is 0.250. The van der Waals surface area contributed by atoms with Gasteiger partial charge in [-0.3, -0.25) is 0 Å². The standard InChI is InChI=1S/C20H18N2.2C2H6/c1-14-13-20(17-10-4-5-11-19(17)21-14)22-18-12-6-8-15-7-2-3-9-16(15)18;2*1-2/h2-14,21-22H,1H3;2*1-2H3. The SMILES string of the molecule is CC.CC.CC1C=C(Nc2cccc3ccccc23)c2ccccc2N1. The molecule has 1 aliphatic heterocycles. The van der Waals surface area contributed by atoms with Gasteiger partial charge in [-0.1, -0.05) is 82.3 Å². The number of fused-ring (bicyclic) bond motifs is 2. The van der Waals surface area contributed by atoms with Crippen molar-refractivity contribution in [3.05, 3.63) is 78.4 Å². The minimum atomic E-state index is 0.312. The fourth-order valence-corrected chi connectivity index (χ4v) is 3.06. The molecule has 136 valence electrons. The van der Waals surface area contributed by atoms with Crippen LogP contribution in [0.5, 0.6) is 0 Å². The number of hydrogen-bond acceptors (Lipinski definition) is 2. The number of benzene rings is 3. The maximum atomic E-state index is 3.63. The van der Waals surface area contributed by atoms with Crippen molar-refractivity contribution in [3.63, 3.8) is 0 Å². The van der Waals surface area contributed by atoms with Gasteiger partial charge in [0.2, 0.25) is 0 Å². The molecule has 0 bridgehead atoms. The van der Waals surface area contributed by atoms with E-state index in [0.717, 1.165) is 5.69 Å². The first kappa shape index (κ1) is 19.6. The van der Waals surface area contributed by atoms with Crippen molar-refractivity contribution in [2.24, 2.45) is 0 Å². The van der Waals surface area contributed by atoms with E-state index in [9.17, 15) is 0 Å². The summed E-state index contributed by atoms with van der Waals surface area (Å²) in [5.41, 5.74) is 4.71. The van der Waals surface area contributed by atoms with Gasteiger partial charge >= 0.3 is 0 Å². The van der Waals surface area contributed by atoms with E-state index >= 15 is 0 Å². The molecule has 4 rings (SSSR count). The first-order valence-electron chi connectivity index (χ1n) is 9.64. The van der Waals surface area contributed by atoms with E-state index in [0.29, 0.717) is 6.04 Å². The van der Waals surface area contributed by atoms with E-state index < -0.39 is 0 Å². The second-order valence-electron chi connectivity index (χ2n) is 5.71. The molecule has 0 fully saturated rings. The number of nitrogens with one attached hydrogen (secondary N) is 2. The van der Waals surface area contributed by atoms with Gasteiger partial charge < -0.3 is 10.6 Å². The van der Waals surface area contributed by atoms with Gasteiger partial charge in [-0.15, -0.1) is 0 Å². The average Bonchev–Trinajstić information content (AvgIpc) is 2.71. The van der Waals surface area contributed by atoms with Crippen molar-refractivity contribution in [3.8, 4) is 0 Å². The first-order valence-corrected chi connectivity index (χ1v) is 9.64. The molecule has 1 aliphatic rings. The van der Waals surface area contributed by atoms with Crippen molar-refractivity contribution in [2.75, 3.05) is 10.6 Å². The van der Waals surface area contributed by atoms with Crippen molar-refractivity contribution >= 4 is 27.8 Å². The zero-order chi connectivity index (χ0) is 18.9. The predicted molar refractivity (Wildman–Crippen MR) is 118 cm³/mol. The normalized spacial score (nSPS) is 14.5. The summed E-state index contributed by atoms with van der Waals surface area (Å²) >= 11 is 0. The largest absolute Gasteiger partial charge is 0.378 e. The van der Waals surface area contributed by atoms with Crippen molar-refractivity contribution in [2.45, 2.75) is 40.7 Å². The van der Waals surface area contributed by atoms with Gasteiger partial charge in [0.15, 0.2) is 0 Å². The third kappa shape index (κ3) is 4.26. The zero-order valence-electron chi connectivity index (χ0n) is 16.5. The van der Waals surface area contributed by atoms with Crippen molar-refractivity contribution < 1.29 is 0 Å². The molecule has 0 aromatic heterocycles. The monoisotopic (exact) mass is 346 g/mol. The van der Waals surface area contributed by atoms with E-state index in [2.05, 4.69) is 90.4 Å². The van der Waals surface area contributed by atoms with Gasteiger partial charge in [-0.25, -0.2) is 0 Å². The highest BCUT2D eigenvalue weighted by atomic mass is 15.0. The van der Waals surface area contributed by atoms with Gasteiger partial charge in [0.05, 0.1) is 0 Å². The highest BCUT2D eigenvalue weighted by Gasteiger charge is 2.16. The average molecular weight is 347 g/mol. The molecule has 2 heteroatoms. The molecular weight excluding hydrogens is 316 g/mol. The molecule has 0 saturated heterocycles. The van der Waals surface area contributed by atoms with Gasteiger partial charge in [0.25, 0.3) is 0 Å². The van der Waals surface area contributed by atoms with Crippen molar-refractivity contribution in [1.29, 1.82) is 0 Å². The summed E-state index contributed by atoms with van der Waals surface area (Å²) in [6.07, 6.45) is 2.24. The molecule has 3 aromatic rings.